The van der Waals surface area contributed by atoms with Gasteiger partial charge in [0.2, 0.25) is 11.8 Å². The van der Waals surface area contributed by atoms with Crippen LogP contribution in [0.5, 0.6) is 0 Å². The Labute approximate surface area is 174 Å². The highest BCUT2D eigenvalue weighted by Crippen LogP contribution is 2.28. The Bertz CT molecular complexity index is 821. The molecule has 0 spiro atoms. The van der Waals surface area contributed by atoms with E-state index in [2.05, 4.69) is 0 Å². The summed E-state index contributed by atoms with van der Waals surface area (Å²) in [5, 5.41) is 0. The summed E-state index contributed by atoms with van der Waals surface area (Å²) in [6.07, 6.45) is 3.16. The molecule has 1 unspecified atom stereocenters. The van der Waals surface area contributed by atoms with E-state index in [0.717, 1.165) is 37.1 Å². The molecule has 1 aromatic heterocycles. The molecular weight excluding hydrogens is 424 g/mol. The second-order valence-electron chi connectivity index (χ2n) is 7.13. The molecule has 2 N–H and O–H groups in total. The van der Waals surface area contributed by atoms with Gasteiger partial charge in [0.15, 0.2) is 0 Å². The first-order valence-corrected chi connectivity index (χ1v) is 12.0. The molecule has 11 heteroatoms. The number of sulfonamides is 1. The molecule has 0 radical (unpaired) electrons. The Hall–Kier alpha value is -1.20. The van der Waals surface area contributed by atoms with Crippen LogP contribution in [0.25, 0.3) is 0 Å². The number of nitrogens with zero attached hydrogens (tertiary/aromatic N) is 3. The number of amides is 2. The van der Waals surface area contributed by atoms with Crippen LogP contribution in [-0.2, 0) is 19.6 Å². The summed E-state index contributed by atoms with van der Waals surface area (Å²) in [5.41, 5.74) is 5.33. The van der Waals surface area contributed by atoms with E-state index in [4.69, 9.17) is 17.3 Å². The van der Waals surface area contributed by atoms with Gasteiger partial charge < -0.3 is 10.6 Å². The lowest BCUT2D eigenvalue weighted by molar-refractivity contribution is -0.135. The van der Waals surface area contributed by atoms with Crippen molar-refractivity contribution in [2.45, 2.75) is 35.9 Å². The molecule has 0 aromatic carbocycles. The van der Waals surface area contributed by atoms with E-state index in [1.165, 1.54) is 10.4 Å². The molecule has 0 aliphatic carbocycles. The van der Waals surface area contributed by atoms with Gasteiger partial charge in [-0.25, -0.2) is 8.42 Å². The lowest BCUT2D eigenvalue weighted by atomic mass is 9.99. The first-order chi connectivity index (χ1) is 13.3. The lowest BCUT2D eigenvalue weighted by Crippen LogP contribution is -2.54. The van der Waals surface area contributed by atoms with Crippen molar-refractivity contribution in [3.8, 4) is 0 Å². The Morgan fingerprint density at radius 2 is 1.86 bits per heavy atom. The summed E-state index contributed by atoms with van der Waals surface area (Å²) in [7, 11) is -3.57. The van der Waals surface area contributed by atoms with E-state index in [-0.39, 0.29) is 48.1 Å². The number of carbonyl (C=O) groups excluding carboxylic acids is 2. The van der Waals surface area contributed by atoms with Crippen molar-refractivity contribution < 1.29 is 18.0 Å². The number of likely N-dealkylation sites (tertiary alicyclic amines) is 1. The number of hydrogen-bond donors (Lipinski definition) is 1. The number of primary amides is 1. The molecule has 28 heavy (non-hydrogen) atoms. The molecular formula is C17H25ClN4O4S2. The van der Waals surface area contributed by atoms with E-state index in [9.17, 15) is 18.0 Å². The van der Waals surface area contributed by atoms with E-state index in [1.807, 2.05) is 4.90 Å². The van der Waals surface area contributed by atoms with Crippen LogP contribution in [0.15, 0.2) is 16.3 Å². The number of halogens is 1. The number of rotatable bonds is 6. The highest BCUT2D eigenvalue weighted by molar-refractivity contribution is 7.91. The summed E-state index contributed by atoms with van der Waals surface area (Å²) >= 11 is 6.89. The van der Waals surface area contributed by atoms with Gasteiger partial charge in [-0.1, -0.05) is 18.0 Å². The summed E-state index contributed by atoms with van der Waals surface area (Å²) in [6, 6.07) is 3.09. The fraction of sp³-hybridized carbons (Fsp3) is 0.647. The van der Waals surface area contributed by atoms with Crippen LogP contribution in [-0.4, -0.2) is 79.6 Å². The minimum Gasteiger partial charge on any atom is -0.370 e. The van der Waals surface area contributed by atoms with Crippen molar-refractivity contribution in [3.05, 3.63) is 16.5 Å². The third kappa shape index (κ3) is 5.04. The second-order valence-corrected chi connectivity index (χ2v) is 11.0. The average Bonchev–Trinajstić information content (AvgIpc) is 3.10. The molecule has 8 nitrogen and oxygen atoms in total. The van der Waals surface area contributed by atoms with Crippen LogP contribution in [0, 0.1) is 0 Å². The zero-order chi connectivity index (χ0) is 20.3. The zero-order valence-corrected chi connectivity index (χ0v) is 17.9. The smallest absolute Gasteiger partial charge is 0.252 e. The molecule has 156 valence electrons. The minimum absolute atomic E-state index is 0.0143. The van der Waals surface area contributed by atoms with Gasteiger partial charge in [0, 0.05) is 38.6 Å². The number of piperidine rings is 1. The number of carbonyl (C=O) groups is 2. The molecule has 1 aromatic rings. The maximum Gasteiger partial charge on any atom is 0.252 e. The predicted molar refractivity (Wildman–Crippen MR) is 108 cm³/mol. The largest absolute Gasteiger partial charge is 0.370 e. The molecule has 2 aliphatic heterocycles. The van der Waals surface area contributed by atoms with E-state index < -0.39 is 10.0 Å². The molecule has 2 aliphatic rings. The van der Waals surface area contributed by atoms with Crippen molar-refractivity contribution in [2.24, 2.45) is 5.73 Å². The van der Waals surface area contributed by atoms with Gasteiger partial charge in [0.1, 0.15) is 4.21 Å². The van der Waals surface area contributed by atoms with Crippen LogP contribution >= 0.6 is 22.9 Å². The first-order valence-electron chi connectivity index (χ1n) is 9.33. The Morgan fingerprint density at radius 1 is 1.14 bits per heavy atom. The van der Waals surface area contributed by atoms with Gasteiger partial charge >= 0.3 is 0 Å². The lowest BCUT2D eigenvalue weighted by Gasteiger charge is -2.38. The van der Waals surface area contributed by atoms with Gasteiger partial charge in [0.25, 0.3) is 10.0 Å². The fourth-order valence-corrected chi connectivity index (χ4v) is 6.81. The molecule has 0 saturated carbocycles. The standard InChI is InChI=1S/C17H25ClN4O4S2/c18-14-4-5-17(27-14)28(25,26)22-9-7-20(8-10-22)16(24)12-21-6-2-1-3-13(21)11-15(19)23/h4-5,13H,1-3,6-12H2,(H2,19,23). The van der Waals surface area contributed by atoms with Crippen molar-refractivity contribution in [1.82, 2.24) is 14.1 Å². The van der Waals surface area contributed by atoms with Gasteiger partial charge in [-0.15, -0.1) is 11.3 Å². The summed E-state index contributed by atoms with van der Waals surface area (Å²) in [4.78, 5) is 27.7. The first kappa shape index (κ1) is 21.5. The Morgan fingerprint density at radius 3 is 2.46 bits per heavy atom. The normalized spacial score (nSPS) is 22.3. The molecule has 3 heterocycles. The average molecular weight is 449 g/mol. The van der Waals surface area contributed by atoms with Gasteiger partial charge in [-0.05, 0) is 31.5 Å². The van der Waals surface area contributed by atoms with E-state index >= 15 is 0 Å². The molecule has 2 amide bonds. The maximum atomic E-state index is 12.7. The predicted octanol–water partition coefficient (Wildman–Crippen LogP) is 0.964. The van der Waals surface area contributed by atoms with Gasteiger partial charge in [0.05, 0.1) is 10.9 Å². The molecule has 0 bridgehead atoms. The van der Waals surface area contributed by atoms with Crippen molar-refractivity contribution in [1.29, 1.82) is 0 Å². The van der Waals surface area contributed by atoms with E-state index in [1.54, 1.807) is 11.0 Å². The zero-order valence-electron chi connectivity index (χ0n) is 15.5. The van der Waals surface area contributed by atoms with Crippen LogP contribution in [0.4, 0.5) is 0 Å². The third-order valence-corrected chi connectivity index (χ3v) is 8.86. The SMILES string of the molecule is NC(=O)CC1CCCCN1CC(=O)N1CCN(S(=O)(=O)c2ccc(Cl)s2)CC1. The summed E-state index contributed by atoms with van der Waals surface area (Å²) in [6.45, 7) is 2.24. The Balaban J connectivity index is 1.55. The van der Waals surface area contributed by atoms with Crippen LogP contribution < -0.4 is 5.73 Å². The minimum atomic E-state index is -3.57. The number of nitrogens with two attached hydrogens (primary N) is 1. The van der Waals surface area contributed by atoms with Crippen molar-refractivity contribution in [2.75, 3.05) is 39.3 Å². The fourth-order valence-electron chi connectivity index (χ4n) is 3.75. The van der Waals surface area contributed by atoms with Crippen LogP contribution in [0.2, 0.25) is 4.34 Å². The Kier molecular flexibility index (Phi) is 6.98. The number of piperazine rings is 1. The van der Waals surface area contributed by atoms with Crippen molar-refractivity contribution in [3.63, 3.8) is 0 Å². The van der Waals surface area contributed by atoms with E-state index in [0.29, 0.717) is 17.4 Å². The quantitative estimate of drug-likeness (QED) is 0.698. The summed E-state index contributed by atoms with van der Waals surface area (Å²) < 4.78 is 27.4. The monoisotopic (exact) mass is 448 g/mol. The third-order valence-electron chi connectivity index (χ3n) is 5.26. The summed E-state index contributed by atoms with van der Waals surface area (Å²) in [5.74, 6) is -0.385. The molecule has 3 rings (SSSR count). The van der Waals surface area contributed by atoms with Gasteiger partial charge in [-0.2, -0.15) is 4.31 Å². The second kappa shape index (κ2) is 9.08. The number of hydrogen-bond acceptors (Lipinski definition) is 6. The molecule has 1 atom stereocenters. The number of thiophene rings is 1. The highest BCUT2D eigenvalue weighted by Gasteiger charge is 2.32. The van der Waals surface area contributed by atoms with Gasteiger partial charge in [-0.3, -0.25) is 14.5 Å². The maximum absolute atomic E-state index is 12.7. The van der Waals surface area contributed by atoms with Crippen LogP contribution in [0.3, 0.4) is 0 Å². The topological polar surface area (TPSA) is 104 Å². The van der Waals surface area contributed by atoms with Crippen LogP contribution in [0.1, 0.15) is 25.7 Å². The van der Waals surface area contributed by atoms with Crippen molar-refractivity contribution >= 4 is 44.8 Å². The molecule has 2 saturated heterocycles. The molecule has 2 fully saturated rings. The highest BCUT2D eigenvalue weighted by atomic mass is 35.5.